The number of rotatable bonds is 6. The van der Waals surface area contributed by atoms with Gasteiger partial charge in [0.2, 0.25) is 0 Å². The highest BCUT2D eigenvalue weighted by molar-refractivity contribution is 5.46. The number of aryl methyl sites for hydroxylation is 2. The number of aliphatic hydroxyl groups is 1. The van der Waals surface area contributed by atoms with Crippen LogP contribution in [-0.2, 0) is 6.54 Å². The number of hydrogen-bond donors (Lipinski definition) is 1. The highest BCUT2D eigenvalue weighted by Crippen LogP contribution is 2.20. The van der Waals surface area contributed by atoms with E-state index in [2.05, 4.69) is 11.1 Å². The quantitative estimate of drug-likeness (QED) is 0.759. The summed E-state index contributed by atoms with van der Waals surface area (Å²) in [5.41, 5.74) is 2.26. The van der Waals surface area contributed by atoms with E-state index in [-0.39, 0.29) is 6.61 Å². The van der Waals surface area contributed by atoms with Crippen LogP contribution in [0.5, 0.6) is 5.75 Å². The third-order valence-electron chi connectivity index (χ3n) is 3.63. The molecule has 0 radical (unpaired) electrons. The molecule has 2 heterocycles. The van der Waals surface area contributed by atoms with Crippen LogP contribution < -0.4 is 4.74 Å². The first-order valence-electron chi connectivity index (χ1n) is 7.56. The maximum Gasteiger partial charge on any atom is 0.176 e. The fraction of sp³-hybridized carbons (Fsp3) is 0.278. The third kappa shape index (κ3) is 3.63. The van der Waals surface area contributed by atoms with Gasteiger partial charge in [0.25, 0.3) is 0 Å². The minimum Gasteiger partial charge on any atom is -0.491 e. The lowest BCUT2D eigenvalue weighted by atomic mass is 10.1. The van der Waals surface area contributed by atoms with Gasteiger partial charge in [0.1, 0.15) is 18.5 Å². The molecule has 0 spiro atoms. The molecule has 1 aromatic carbocycles. The van der Waals surface area contributed by atoms with E-state index in [1.807, 2.05) is 48.9 Å². The average Bonchev–Trinajstić information content (AvgIpc) is 3.17. The van der Waals surface area contributed by atoms with Crippen molar-refractivity contribution in [1.29, 1.82) is 0 Å². The third-order valence-corrected chi connectivity index (χ3v) is 3.63. The molecule has 3 rings (SSSR count). The Hall–Kier alpha value is -2.53. The maximum absolute atomic E-state index is 10.2. The van der Waals surface area contributed by atoms with E-state index in [0.29, 0.717) is 18.1 Å². The van der Waals surface area contributed by atoms with E-state index in [4.69, 9.17) is 9.15 Å². The highest BCUT2D eigenvalue weighted by atomic mass is 16.5. The lowest BCUT2D eigenvalue weighted by Crippen LogP contribution is -2.23. The number of hydrogen-bond acceptors (Lipinski definition) is 4. The van der Waals surface area contributed by atoms with Crippen LogP contribution in [0.15, 0.2) is 53.4 Å². The van der Waals surface area contributed by atoms with Gasteiger partial charge in [-0.2, -0.15) is 0 Å². The summed E-state index contributed by atoms with van der Waals surface area (Å²) in [4.78, 5) is 4.27. The SMILES string of the molecule is Cc1ccc(OCC(O)Cn2ccnc2-c2ccco2)c(C)c1. The Bertz CT molecular complexity index is 762. The fourth-order valence-electron chi connectivity index (χ4n) is 2.51. The minimum absolute atomic E-state index is 0.222. The van der Waals surface area contributed by atoms with Gasteiger partial charge in [0.15, 0.2) is 11.6 Å². The van der Waals surface area contributed by atoms with E-state index in [1.165, 1.54) is 5.56 Å². The topological polar surface area (TPSA) is 60.4 Å². The normalized spacial score (nSPS) is 12.3. The second-order valence-electron chi connectivity index (χ2n) is 5.61. The molecule has 0 aliphatic heterocycles. The van der Waals surface area contributed by atoms with Crippen molar-refractivity contribution in [1.82, 2.24) is 9.55 Å². The predicted octanol–water partition coefficient (Wildman–Crippen LogP) is 3.20. The maximum atomic E-state index is 10.2. The summed E-state index contributed by atoms with van der Waals surface area (Å²) in [5.74, 6) is 2.17. The van der Waals surface area contributed by atoms with Gasteiger partial charge in [0.05, 0.1) is 12.8 Å². The lowest BCUT2D eigenvalue weighted by Gasteiger charge is -2.15. The van der Waals surface area contributed by atoms with Crippen LogP contribution in [0.25, 0.3) is 11.6 Å². The Morgan fingerprint density at radius 2 is 2.17 bits per heavy atom. The molecule has 2 aromatic heterocycles. The molecular weight excluding hydrogens is 292 g/mol. The first kappa shape index (κ1) is 15.4. The van der Waals surface area contributed by atoms with Crippen LogP contribution in [-0.4, -0.2) is 27.4 Å². The van der Waals surface area contributed by atoms with E-state index in [0.717, 1.165) is 11.3 Å². The molecule has 5 nitrogen and oxygen atoms in total. The van der Waals surface area contributed by atoms with Crippen molar-refractivity contribution in [2.45, 2.75) is 26.5 Å². The molecule has 1 unspecified atom stereocenters. The Kier molecular flexibility index (Phi) is 4.48. The molecule has 0 amide bonds. The molecule has 0 saturated heterocycles. The van der Waals surface area contributed by atoms with Crippen molar-refractivity contribution < 1.29 is 14.3 Å². The largest absolute Gasteiger partial charge is 0.491 e. The van der Waals surface area contributed by atoms with Gasteiger partial charge in [0, 0.05) is 12.4 Å². The second kappa shape index (κ2) is 6.71. The molecular formula is C18H20N2O3. The standard InChI is InChI=1S/C18H20N2O3/c1-13-5-6-16(14(2)10-13)23-12-15(21)11-20-8-7-19-18(20)17-4-3-9-22-17/h3-10,15,21H,11-12H2,1-2H3. The molecule has 0 fully saturated rings. The zero-order chi connectivity index (χ0) is 16.2. The Morgan fingerprint density at radius 3 is 2.91 bits per heavy atom. The summed E-state index contributed by atoms with van der Waals surface area (Å²) in [7, 11) is 0. The van der Waals surface area contributed by atoms with Gasteiger partial charge in [-0.15, -0.1) is 0 Å². The molecule has 1 N–H and O–H groups in total. The van der Waals surface area contributed by atoms with Gasteiger partial charge < -0.3 is 18.8 Å². The average molecular weight is 312 g/mol. The monoisotopic (exact) mass is 312 g/mol. The molecule has 3 aromatic rings. The van der Waals surface area contributed by atoms with Crippen molar-refractivity contribution in [3.05, 3.63) is 60.1 Å². The van der Waals surface area contributed by atoms with Crippen molar-refractivity contribution in [2.75, 3.05) is 6.61 Å². The lowest BCUT2D eigenvalue weighted by molar-refractivity contribution is 0.0924. The van der Waals surface area contributed by atoms with E-state index < -0.39 is 6.10 Å². The van der Waals surface area contributed by atoms with Gasteiger partial charge >= 0.3 is 0 Å². The summed E-state index contributed by atoms with van der Waals surface area (Å²) in [6.07, 6.45) is 4.47. The summed E-state index contributed by atoms with van der Waals surface area (Å²) in [6.45, 7) is 4.65. The zero-order valence-corrected chi connectivity index (χ0v) is 13.3. The van der Waals surface area contributed by atoms with Crippen LogP contribution in [0.3, 0.4) is 0 Å². The number of nitrogens with zero attached hydrogens (tertiary/aromatic N) is 2. The molecule has 5 heteroatoms. The number of aromatic nitrogens is 2. The first-order chi connectivity index (χ1) is 11.1. The Morgan fingerprint density at radius 1 is 1.30 bits per heavy atom. The Balaban J connectivity index is 1.62. The van der Waals surface area contributed by atoms with Gasteiger partial charge in [-0.3, -0.25) is 0 Å². The summed E-state index contributed by atoms with van der Waals surface area (Å²) in [5, 5.41) is 10.2. The number of imidazole rings is 1. The van der Waals surface area contributed by atoms with E-state index in [9.17, 15) is 5.11 Å². The van der Waals surface area contributed by atoms with Gasteiger partial charge in [-0.25, -0.2) is 4.98 Å². The molecule has 0 aliphatic rings. The van der Waals surface area contributed by atoms with Crippen LogP contribution in [0.2, 0.25) is 0 Å². The highest BCUT2D eigenvalue weighted by Gasteiger charge is 2.13. The first-order valence-corrected chi connectivity index (χ1v) is 7.56. The smallest absolute Gasteiger partial charge is 0.176 e. The van der Waals surface area contributed by atoms with Crippen molar-refractivity contribution in [3.63, 3.8) is 0 Å². The van der Waals surface area contributed by atoms with E-state index in [1.54, 1.807) is 12.5 Å². The van der Waals surface area contributed by atoms with Crippen molar-refractivity contribution >= 4 is 0 Å². The van der Waals surface area contributed by atoms with Crippen molar-refractivity contribution in [3.8, 4) is 17.3 Å². The number of benzene rings is 1. The van der Waals surface area contributed by atoms with Crippen LogP contribution in [0.4, 0.5) is 0 Å². The minimum atomic E-state index is -0.640. The predicted molar refractivity (Wildman–Crippen MR) is 87.3 cm³/mol. The Labute approximate surface area is 135 Å². The molecule has 0 saturated carbocycles. The van der Waals surface area contributed by atoms with E-state index >= 15 is 0 Å². The number of furan rings is 1. The van der Waals surface area contributed by atoms with Crippen molar-refractivity contribution in [2.24, 2.45) is 0 Å². The fourth-order valence-corrected chi connectivity index (χ4v) is 2.51. The molecule has 0 bridgehead atoms. The summed E-state index contributed by atoms with van der Waals surface area (Å²) >= 11 is 0. The van der Waals surface area contributed by atoms with Gasteiger partial charge in [-0.05, 0) is 37.6 Å². The van der Waals surface area contributed by atoms with Crippen LogP contribution >= 0.6 is 0 Å². The van der Waals surface area contributed by atoms with Crippen LogP contribution in [0, 0.1) is 13.8 Å². The van der Waals surface area contributed by atoms with Crippen LogP contribution in [0.1, 0.15) is 11.1 Å². The van der Waals surface area contributed by atoms with Gasteiger partial charge in [-0.1, -0.05) is 17.7 Å². The molecule has 23 heavy (non-hydrogen) atoms. The second-order valence-corrected chi connectivity index (χ2v) is 5.61. The number of ether oxygens (including phenoxy) is 1. The molecule has 1 atom stereocenters. The zero-order valence-electron chi connectivity index (χ0n) is 13.3. The number of aliphatic hydroxyl groups excluding tert-OH is 1. The summed E-state index contributed by atoms with van der Waals surface area (Å²) < 4.78 is 12.9. The summed E-state index contributed by atoms with van der Waals surface area (Å²) in [6, 6.07) is 9.65. The molecule has 0 aliphatic carbocycles. The molecule has 120 valence electrons.